The van der Waals surface area contributed by atoms with Gasteiger partial charge in [0.1, 0.15) is 18.2 Å². The fourth-order valence-electron chi connectivity index (χ4n) is 4.53. The van der Waals surface area contributed by atoms with E-state index in [1.54, 1.807) is 0 Å². The van der Waals surface area contributed by atoms with Gasteiger partial charge in [0.2, 0.25) is 5.91 Å². The highest BCUT2D eigenvalue weighted by molar-refractivity contribution is 9.10. The summed E-state index contributed by atoms with van der Waals surface area (Å²) in [6.07, 6.45) is 0.447. The van der Waals surface area contributed by atoms with E-state index >= 15 is 0 Å². The zero-order valence-electron chi connectivity index (χ0n) is 18.8. The minimum atomic E-state index is 0.0257. The van der Waals surface area contributed by atoms with Gasteiger partial charge in [0.25, 0.3) is 0 Å². The molecule has 1 fully saturated rings. The highest BCUT2D eigenvalue weighted by Crippen LogP contribution is 2.36. The number of hydrogen-bond acceptors (Lipinski definition) is 3. The zero-order valence-corrected chi connectivity index (χ0v) is 20.4. The third kappa shape index (κ3) is 4.27. The quantitative estimate of drug-likeness (QED) is 0.323. The molecule has 5 nitrogen and oxygen atoms in total. The Morgan fingerprint density at radius 1 is 1.06 bits per heavy atom. The van der Waals surface area contributed by atoms with Crippen molar-refractivity contribution in [3.63, 3.8) is 0 Å². The largest absolute Gasteiger partial charge is 0.491 e. The van der Waals surface area contributed by atoms with Crippen molar-refractivity contribution in [3.8, 4) is 5.75 Å². The fraction of sp³-hybridized carbons (Fsp3) is 0.259. The van der Waals surface area contributed by atoms with E-state index in [-0.39, 0.29) is 11.8 Å². The molecule has 33 heavy (non-hydrogen) atoms. The minimum Gasteiger partial charge on any atom is -0.491 e. The lowest BCUT2D eigenvalue weighted by Crippen LogP contribution is -2.25. The SMILES string of the molecule is Cc1ccc(C)c(OCCn2c(C3CC(=O)N(c4ccccc4Br)C3)nc3ccccc32)c1. The Kier molecular flexibility index (Phi) is 5.94. The second kappa shape index (κ2) is 9.02. The lowest BCUT2D eigenvalue weighted by Gasteiger charge is -2.19. The van der Waals surface area contributed by atoms with Crippen molar-refractivity contribution in [3.05, 3.63) is 88.2 Å². The van der Waals surface area contributed by atoms with E-state index in [4.69, 9.17) is 9.72 Å². The van der Waals surface area contributed by atoms with Crippen LogP contribution in [-0.4, -0.2) is 28.6 Å². The third-order valence-electron chi connectivity index (χ3n) is 6.23. The van der Waals surface area contributed by atoms with Crippen LogP contribution in [0.3, 0.4) is 0 Å². The van der Waals surface area contributed by atoms with Crippen LogP contribution in [0.4, 0.5) is 5.69 Å². The molecule has 1 amide bonds. The van der Waals surface area contributed by atoms with Crippen LogP contribution in [-0.2, 0) is 11.3 Å². The first-order valence-corrected chi connectivity index (χ1v) is 12.0. The number of anilines is 1. The summed E-state index contributed by atoms with van der Waals surface area (Å²) in [5, 5.41) is 0. The van der Waals surface area contributed by atoms with Gasteiger partial charge >= 0.3 is 0 Å². The standard InChI is InChI=1S/C27H26BrN3O2/c1-18-11-12-19(2)25(15-18)33-14-13-30-24-10-6-4-8-22(24)29-27(30)20-16-26(32)31(17-20)23-9-5-3-7-21(23)28/h3-12,15,20H,13-14,16-17H2,1-2H3. The molecule has 4 aromatic rings. The fourth-order valence-corrected chi connectivity index (χ4v) is 5.03. The van der Waals surface area contributed by atoms with Gasteiger partial charge in [-0.2, -0.15) is 0 Å². The van der Waals surface area contributed by atoms with E-state index in [2.05, 4.69) is 58.6 Å². The molecule has 1 unspecified atom stereocenters. The van der Waals surface area contributed by atoms with E-state index in [1.165, 1.54) is 5.56 Å². The summed E-state index contributed by atoms with van der Waals surface area (Å²) < 4.78 is 9.30. The molecule has 1 saturated heterocycles. The predicted molar refractivity (Wildman–Crippen MR) is 135 cm³/mol. The maximum Gasteiger partial charge on any atom is 0.227 e. The number of ether oxygens (including phenoxy) is 1. The molecular formula is C27H26BrN3O2. The molecule has 6 heteroatoms. The van der Waals surface area contributed by atoms with Crippen molar-refractivity contribution < 1.29 is 9.53 Å². The van der Waals surface area contributed by atoms with Gasteiger partial charge in [-0.05, 0) is 71.2 Å². The lowest BCUT2D eigenvalue weighted by molar-refractivity contribution is -0.117. The summed E-state index contributed by atoms with van der Waals surface area (Å²) >= 11 is 3.59. The lowest BCUT2D eigenvalue weighted by atomic mass is 10.1. The molecule has 0 N–H and O–H groups in total. The smallest absolute Gasteiger partial charge is 0.227 e. The van der Waals surface area contributed by atoms with Crippen molar-refractivity contribution in [2.45, 2.75) is 32.7 Å². The molecule has 1 aromatic heterocycles. The van der Waals surface area contributed by atoms with Crippen molar-refractivity contribution in [1.29, 1.82) is 0 Å². The topological polar surface area (TPSA) is 47.4 Å². The highest BCUT2D eigenvalue weighted by Gasteiger charge is 2.35. The number of aromatic nitrogens is 2. The van der Waals surface area contributed by atoms with Crippen LogP contribution in [0.2, 0.25) is 0 Å². The Morgan fingerprint density at radius 2 is 1.85 bits per heavy atom. The van der Waals surface area contributed by atoms with Gasteiger partial charge in [-0.25, -0.2) is 4.98 Å². The average Bonchev–Trinajstić information content (AvgIpc) is 3.37. The Bertz CT molecular complexity index is 1330. The van der Waals surface area contributed by atoms with Crippen LogP contribution in [0.25, 0.3) is 11.0 Å². The van der Waals surface area contributed by atoms with Crippen LogP contribution >= 0.6 is 15.9 Å². The summed E-state index contributed by atoms with van der Waals surface area (Å²) in [7, 11) is 0. The average molecular weight is 504 g/mol. The second-order valence-electron chi connectivity index (χ2n) is 8.58. The Morgan fingerprint density at radius 3 is 2.70 bits per heavy atom. The van der Waals surface area contributed by atoms with Crippen molar-refractivity contribution >= 4 is 38.6 Å². The van der Waals surface area contributed by atoms with Crippen LogP contribution in [0, 0.1) is 13.8 Å². The molecule has 0 spiro atoms. The number of carbonyl (C=O) groups is 1. The summed E-state index contributed by atoms with van der Waals surface area (Å²) in [4.78, 5) is 19.8. The van der Waals surface area contributed by atoms with E-state index < -0.39 is 0 Å². The molecule has 1 aliphatic heterocycles. The summed E-state index contributed by atoms with van der Waals surface area (Å²) in [5.74, 6) is 2.01. The molecular weight excluding hydrogens is 478 g/mol. The molecule has 5 rings (SSSR count). The number of fused-ring (bicyclic) bond motifs is 1. The van der Waals surface area contributed by atoms with E-state index in [0.29, 0.717) is 26.1 Å². The van der Waals surface area contributed by atoms with E-state index in [9.17, 15) is 4.79 Å². The van der Waals surface area contributed by atoms with Gasteiger partial charge in [0.15, 0.2) is 0 Å². The van der Waals surface area contributed by atoms with Gasteiger partial charge in [-0.1, -0.05) is 36.4 Å². The monoisotopic (exact) mass is 503 g/mol. The summed E-state index contributed by atoms with van der Waals surface area (Å²) in [6, 6.07) is 22.3. The number of imidazole rings is 1. The molecule has 0 bridgehead atoms. The Balaban J connectivity index is 1.42. The minimum absolute atomic E-state index is 0.0257. The number of amides is 1. The van der Waals surface area contributed by atoms with E-state index in [0.717, 1.165) is 38.3 Å². The molecule has 0 saturated carbocycles. The van der Waals surface area contributed by atoms with Gasteiger partial charge in [-0.15, -0.1) is 0 Å². The van der Waals surface area contributed by atoms with Gasteiger partial charge in [0.05, 0.1) is 23.3 Å². The molecule has 0 aliphatic carbocycles. The van der Waals surface area contributed by atoms with Gasteiger partial charge in [-0.3, -0.25) is 4.79 Å². The second-order valence-corrected chi connectivity index (χ2v) is 9.44. The first-order chi connectivity index (χ1) is 16.0. The van der Waals surface area contributed by atoms with E-state index in [1.807, 2.05) is 47.4 Å². The molecule has 1 atom stereocenters. The molecule has 3 aromatic carbocycles. The highest BCUT2D eigenvalue weighted by atomic mass is 79.9. The Labute approximate surface area is 202 Å². The summed E-state index contributed by atoms with van der Waals surface area (Å²) in [5.41, 5.74) is 5.24. The maximum atomic E-state index is 12.9. The number of rotatable bonds is 6. The molecule has 168 valence electrons. The van der Waals surface area contributed by atoms with Crippen LogP contribution < -0.4 is 9.64 Å². The zero-order chi connectivity index (χ0) is 22.9. The van der Waals surface area contributed by atoms with Crippen molar-refractivity contribution in [2.24, 2.45) is 0 Å². The normalized spacial score (nSPS) is 16.0. The number of carbonyl (C=O) groups excluding carboxylic acids is 1. The number of halogens is 1. The first kappa shape index (κ1) is 21.7. The third-order valence-corrected chi connectivity index (χ3v) is 6.90. The molecule has 1 aliphatic rings. The summed E-state index contributed by atoms with van der Waals surface area (Å²) in [6.45, 7) is 5.95. The van der Waals surface area contributed by atoms with Crippen molar-refractivity contribution in [1.82, 2.24) is 9.55 Å². The number of benzene rings is 3. The Hall–Kier alpha value is -3.12. The first-order valence-electron chi connectivity index (χ1n) is 11.2. The molecule has 2 heterocycles. The predicted octanol–water partition coefficient (Wildman–Crippen LogP) is 6.02. The molecule has 0 radical (unpaired) electrons. The number of hydrogen-bond donors (Lipinski definition) is 0. The number of nitrogens with zero attached hydrogens (tertiary/aromatic N) is 3. The maximum absolute atomic E-state index is 12.9. The number of para-hydroxylation sites is 3. The van der Waals surface area contributed by atoms with Crippen molar-refractivity contribution in [2.75, 3.05) is 18.1 Å². The van der Waals surface area contributed by atoms with Gasteiger partial charge < -0.3 is 14.2 Å². The number of aryl methyl sites for hydroxylation is 2. The van der Waals surface area contributed by atoms with Crippen LogP contribution in [0.1, 0.15) is 29.3 Å². The van der Waals surface area contributed by atoms with Gasteiger partial charge in [0, 0.05) is 23.4 Å². The van der Waals surface area contributed by atoms with Crippen LogP contribution in [0.15, 0.2) is 71.2 Å². The van der Waals surface area contributed by atoms with Crippen LogP contribution in [0.5, 0.6) is 5.75 Å².